The SMILES string of the molecule is CCCC[C@@H](CC)C(=O)Nc1ccc(C)cc1NC(=O)[C@@H](CC)CCCC. The van der Waals surface area contributed by atoms with Crippen molar-refractivity contribution in [2.24, 2.45) is 11.8 Å². The molecule has 0 aliphatic heterocycles. The maximum Gasteiger partial charge on any atom is 0.227 e. The molecule has 0 fully saturated rings. The molecule has 27 heavy (non-hydrogen) atoms. The molecule has 2 amide bonds. The number of carbonyl (C=O) groups is 2. The third-order valence-corrected chi connectivity index (χ3v) is 5.23. The van der Waals surface area contributed by atoms with Gasteiger partial charge in [0.15, 0.2) is 0 Å². The highest BCUT2D eigenvalue weighted by atomic mass is 16.2. The summed E-state index contributed by atoms with van der Waals surface area (Å²) in [6.45, 7) is 10.4. The molecule has 0 spiro atoms. The first-order valence-electron chi connectivity index (χ1n) is 10.7. The fourth-order valence-electron chi connectivity index (χ4n) is 3.28. The van der Waals surface area contributed by atoms with Crippen molar-refractivity contribution >= 4 is 23.2 Å². The number of anilines is 2. The summed E-state index contributed by atoms with van der Waals surface area (Å²) < 4.78 is 0. The van der Waals surface area contributed by atoms with Gasteiger partial charge in [0.2, 0.25) is 11.8 Å². The first kappa shape index (κ1) is 23.2. The summed E-state index contributed by atoms with van der Waals surface area (Å²) in [4.78, 5) is 25.4. The average Bonchev–Trinajstić information content (AvgIpc) is 2.65. The Balaban J connectivity index is 2.90. The van der Waals surface area contributed by atoms with Crippen LogP contribution in [0.5, 0.6) is 0 Å². The lowest BCUT2D eigenvalue weighted by atomic mass is 9.97. The van der Waals surface area contributed by atoms with E-state index in [1.165, 1.54) is 0 Å². The van der Waals surface area contributed by atoms with Crippen LogP contribution >= 0.6 is 0 Å². The van der Waals surface area contributed by atoms with Gasteiger partial charge < -0.3 is 10.6 Å². The van der Waals surface area contributed by atoms with Gasteiger partial charge in [0, 0.05) is 11.8 Å². The summed E-state index contributed by atoms with van der Waals surface area (Å²) in [6, 6.07) is 5.79. The summed E-state index contributed by atoms with van der Waals surface area (Å²) in [5, 5.41) is 6.11. The number of unbranched alkanes of at least 4 members (excludes halogenated alkanes) is 2. The molecular weight excluding hydrogens is 336 g/mol. The monoisotopic (exact) mass is 374 g/mol. The highest BCUT2D eigenvalue weighted by molar-refractivity contribution is 6.01. The molecule has 4 heteroatoms. The van der Waals surface area contributed by atoms with Crippen LogP contribution in [0.2, 0.25) is 0 Å². The number of carbonyl (C=O) groups excluding carboxylic acids is 2. The van der Waals surface area contributed by atoms with Crippen LogP contribution < -0.4 is 10.6 Å². The van der Waals surface area contributed by atoms with Crippen LogP contribution in [0.3, 0.4) is 0 Å². The Morgan fingerprint density at radius 1 is 0.815 bits per heavy atom. The van der Waals surface area contributed by atoms with Crippen molar-refractivity contribution in [3.05, 3.63) is 23.8 Å². The zero-order chi connectivity index (χ0) is 20.2. The lowest BCUT2D eigenvalue weighted by molar-refractivity contribution is -0.121. The lowest BCUT2D eigenvalue weighted by Crippen LogP contribution is -2.25. The van der Waals surface area contributed by atoms with Gasteiger partial charge in [0.05, 0.1) is 11.4 Å². The Morgan fingerprint density at radius 3 is 1.74 bits per heavy atom. The summed E-state index contributed by atoms with van der Waals surface area (Å²) in [5.74, 6) is 0.123. The third-order valence-electron chi connectivity index (χ3n) is 5.23. The number of amides is 2. The number of rotatable bonds is 12. The second-order valence-corrected chi connectivity index (χ2v) is 7.52. The molecular formula is C23H38N2O2. The number of nitrogens with one attached hydrogen (secondary N) is 2. The van der Waals surface area contributed by atoms with Gasteiger partial charge in [-0.2, -0.15) is 0 Å². The second-order valence-electron chi connectivity index (χ2n) is 7.52. The van der Waals surface area contributed by atoms with E-state index in [2.05, 4.69) is 38.3 Å². The molecule has 0 unspecified atom stereocenters. The van der Waals surface area contributed by atoms with Gasteiger partial charge in [-0.1, -0.05) is 59.4 Å². The van der Waals surface area contributed by atoms with Crippen molar-refractivity contribution in [2.75, 3.05) is 10.6 Å². The largest absolute Gasteiger partial charge is 0.324 e. The van der Waals surface area contributed by atoms with Crippen LogP contribution in [0.1, 0.15) is 84.6 Å². The van der Waals surface area contributed by atoms with Crippen molar-refractivity contribution in [3.8, 4) is 0 Å². The zero-order valence-corrected chi connectivity index (χ0v) is 17.9. The number of hydrogen-bond acceptors (Lipinski definition) is 2. The van der Waals surface area contributed by atoms with Crippen LogP contribution in [0.15, 0.2) is 18.2 Å². The molecule has 2 atom stereocenters. The Kier molecular flexibility index (Phi) is 10.8. The molecule has 0 saturated carbocycles. The van der Waals surface area contributed by atoms with E-state index in [0.29, 0.717) is 11.4 Å². The molecule has 0 aliphatic rings. The molecule has 0 radical (unpaired) electrons. The highest BCUT2D eigenvalue weighted by Gasteiger charge is 2.20. The van der Waals surface area contributed by atoms with E-state index in [9.17, 15) is 9.59 Å². The predicted molar refractivity (Wildman–Crippen MR) is 115 cm³/mol. The fourth-order valence-corrected chi connectivity index (χ4v) is 3.28. The molecule has 0 aliphatic carbocycles. The first-order valence-corrected chi connectivity index (χ1v) is 10.7. The quantitative estimate of drug-likeness (QED) is 0.451. The fraction of sp³-hybridized carbons (Fsp3) is 0.652. The van der Waals surface area contributed by atoms with Crippen LogP contribution in [-0.2, 0) is 9.59 Å². The maximum absolute atomic E-state index is 12.7. The van der Waals surface area contributed by atoms with Gasteiger partial charge >= 0.3 is 0 Å². The summed E-state index contributed by atoms with van der Waals surface area (Å²) in [5.41, 5.74) is 2.45. The minimum atomic E-state index is 0.0157. The average molecular weight is 375 g/mol. The van der Waals surface area contributed by atoms with Crippen LogP contribution in [0, 0.1) is 18.8 Å². The van der Waals surface area contributed by atoms with Crippen LogP contribution in [0.25, 0.3) is 0 Å². The minimum Gasteiger partial charge on any atom is -0.324 e. The molecule has 1 aromatic rings. The highest BCUT2D eigenvalue weighted by Crippen LogP contribution is 2.26. The Bertz CT molecular complexity index is 598. The zero-order valence-electron chi connectivity index (χ0n) is 17.9. The Hall–Kier alpha value is -1.84. The molecule has 4 nitrogen and oxygen atoms in total. The topological polar surface area (TPSA) is 58.2 Å². The smallest absolute Gasteiger partial charge is 0.227 e. The van der Waals surface area contributed by atoms with Gasteiger partial charge in [-0.05, 0) is 50.3 Å². The van der Waals surface area contributed by atoms with Crippen LogP contribution in [0.4, 0.5) is 11.4 Å². The molecule has 1 aromatic carbocycles. The standard InChI is InChI=1S/C23H38N2O2/c1-6-10-12-18(8-3)22(26)24-20-15-14-17(5)16-21(20)25-23(27)19(9-4)13-11-7-2/h14-16,18-19H,6-13H2,1-5H3,(H,24,26)(H,25,27)/t18-,19+/m1/s1. The van der Waals surface area contributed by atoms with Gasteiger partial charge in [-0.15, -0.1) is 0 Å². The van der Waals surface area contributed by atoms with E-state index in [1.807, 2.05) is 25.1 Å². The van der Waals surface area contributed by atoms with Crippen molar-refractivity contribution in [2.45, 2.75) is 86.0 Å². The van der Waals surface area contributed by atoms with Gasteiger partial charge in [-0.3, -0.25) is 9.59 Å². The summed E-state index contributed by atoms with van der Waals surface area (Å²) >= 11 is 0. The van der Waals surface area contributed by atoms with E-state index >= 15 is 0 Å². The lowest BCUT2D eigenvalue weighted by Gasteiger charge is -2.19. The number of hydrogen-bond donors (Lipinski definition) is 2. The van der Waals surface area contributed by atoms with Crippen LogP contribution in [-0.4, -0.2) is 11.8 Å². The molecule has 1 rings (SSSR count). The molecule has 0 aromatic heterocycles. The molecule has 2 N–H and O–H groups in total. The van der Waals surface area contributed by atoms with E-state index in [1.54, 1.807) is 0 Å². The third kappa shape index (κ3) is 7.74. The van der Waals surface area contributed by atoms with E-state index < -0.39 is 0 Å². The predicted octanol–water partition coefficient (Wildman–Crippen LogP) is 6.30. The molecule has 152 valence electrons. The van der Waals surface area contributed by atoms with Crippen molar-refractivity contribution in [1.82, 2.24) is 0 Å². The van der Waals surface area contributed by atoms with Crippen molar-refractivity contribution in [1.29, 1.82) is 0 Å². The Morgan fingerprint density at radius 2 is 1.30 bits per heavy atom. The van der Waals surface area contributed by atoms with Gasteiger partial charge in [0.1, 0.15) is 0 Å². The Labute approximate surface area is 165 Å². The second kappa shape index (κ2) is 12.5. The van der Waals surface area contributed by atoms with E-state index in [4.69, 9.17) is 0 Å². The van der Waals surface area contributed by atoms with E-state index in [-0.39, 0.29) is 23.7 Å². The molecule has 0 heterocycles. The van der Waals surface area contributed by atoms with Gasteiger partial charge in [0.25, 0.3) is 0 Å². The molecule has 0 bridgehead atoms. The normalized spacial score (nSPS) is 13.1. The van der Waals surface area contributed by atoms with Crippen molar-refractivity contribution in [3.63, 3.8) is 0 Å². The van der Waals surface area contributed by atoms with E-state index in [0.717, 1.165) is 56.9 Å². The first-order chi connectivity index (χ1) is 13.0. The summed E-state index contributed by atoms with van der Waals surface area (Å²) in [6.07, 6.45) is 7.75. The van der Waals surface area contributed by atoms with Gasteiger partial charge in [-0.25, -0.2) is 0 Å². The van der Waals surface area contributed by atoms with Crippen molar-refractivity contribution < 1.29 is 9.59 Å². The maximum atomic E-state index is 12.7. The summed E-state index contributed by atoms with van der Waals surface area (Å²) in [7, 11) is 0. The number of benzene rings is 1. The minimum absolute atomic E-state index is 0.0157. The number of aryl methyl sites for hydroxylation is 1. The molecule has 0 saturated heterocycles.